The van der Waals surface area contributed by atoms with Crippen LogP contribution in [-0.2, 0) is 14.3 Å². The molecule has 5 heteroatoms. The number of hydrogen-bond donors (Lipinski definition) is 0. The van der Waals surface area contributed by atoms with Gasteiger partial charge in [0.25, 0.3) is 0 Å². The van der Waals surface area contributed by atoms with Crippen molar-refractivity contribution in [2.24, 2.45) is 0 Å². The molecular weight excluding hydrogens is 150 g/mol. The maximum absolute atomic E-state index is 10.9. The molecule has 0 atom stereocenters. The van der Waals surface area contributed by atoms with Crippen LogP contribution in [0.4, 0.5) is 4.79 Å². The van der Waals surface area contributed by atoms with Gasteiger partial charge in [0.15, 0.2) is 6.73 Å². The highest BCUT2D eigenvalue weighted by Crippen LogP contribution is 2.02. The molecule has 1 aliphatic heterocycles. The van der Waals surface area contributed by atoms with Gasteiger partial charge in [-0.1, -0.05) is 0 Å². The largest absolute Gasteiger partial charge is 0.450 e. The zero-order chi connectivity index (χ0) is 8.27. The lowest BCUT2D eigenvalue weighted by Crippen LogP contribution is -2.29. The number of carbonyl (C=O) groups is 2. The van der Waals surface area contributed by atoms with E-state index in [9.17, 15) is 9.59 Å². The molecule has 0 spiro atoms. The van der Waals surface area contributed by atoms with Crippen molar-refractivity contribution in [1.82, 2.24) is 4.90 Å². The monoisotopic (exact) mass is 159 g/mol. The van der Waals surface area contributed by atoms with Gasteiger partial charge >= 0.3 is 12.1 Å². The second kappa shape index (κ2) is 3.23. The Morgan fingerprint density at radius 2 is 2.55 bits per heavy atom. The standard InChI is InChI=1S/C6H9NO4/c1-2-10-6(9)7-3-5(8)11-4-7/h2-4H2,1H3. The van der Waals surface area contributed by atoms with Crippen molar-refractivity contribution >= 4 is 12.1 Å². The minimum absolute atomic E-state index is 0.00116. The summed E-state index contributed by atoms with van der Waals surface area (Å²) in [4.78, 5) is 22.6. The van der Waals surface area contributed by atoms with Gasteiger partial charge in [-0.25, -0.2) is 4.79 Å². The Morgan fingerprint density at radius 1 is 1.82 bits per heavy atom. The average molecular weight is 159 g/mol. The Balaban J connectivity index is 2.37. The summed E-state index contributed by atoms with van der Waals surface area (Å²) in [7, 11) is 0. The number of nitrogens with zero attached hydrogens (tertiary/aromatic N) is 1. The highest BCUT2D eigenvalue weighted by Gasteiger charge is 2.25. The third-order valence-corrected chi connectivity index (χ3v) is 1.23. The fraction of sp³-hybridized carbons (Fsp3) is 0.667. The first kappa shape index (κ1) is 7.84. The average Bonchev–Trinajstić information content (AvgIpc) is 2.36. The third kappa shape index (κ3) is 1.83. The molecule has 1 fully saturated rings. The van der Waals surface area contributed by atoms with E-state index >= 15 is 0 Å². The number of ether oxygens (including phenoxy) is 2. The summed E-state index contributed by atoms with van der Waals surface area (Å²) in [5.41, 5.74) is 0. The third-order valence-electron chi connectivity index (χ3n) is 1.23. The lowest BCUT2D eigenvalue weighted by molar-refractivity contribution is -0.136. The summed E-state index contributed by atoms with van der Waals surface area (Å²) in [6.45, 7) is 2.02. The summed E-state index contributed by atoms with van der Waals surface area (Å²) < 4.78 is 9.15. The maximum atomic E-state index is 10.9. The van der Waals surface area contributed by atoms with Crippen LogP contribution in [0.15, 0.2) is 0 Å². The Hall–Kier alpha value is -1.26. The van der Waals surface area contributed by atoms with Crippen LogP contribution in [0.1, 0.15) is 6.92 Å². The van der Waals surface area contributed by atoms with Crippen molar-refractivity contribution in [2.45, 2.75) is 6.92 Å². The van der Waals surface area contributed by atoms with Gasteiger partial charge in [-0.15, -0.1) is 0 Å². The van der Waals surface area contributed by atoms with Crippen molar-refractivity contribution in [3.8, 4) is 0 Å². The molecule has 0 aromatic carbocycles. The van der Waals surface area contributed by atoms with Crippen LogP contribution in [0, 0.1) is 0 Å². The van der Waals surface area contributed by atoms with Gasteiger partial charge in [0.2, 0.25) is 0 Å². The first-order valence-electron chi connectivity index (χ1n) is 3.31. The van der Waals surface area contributed by atoms with Crippen molar-refractivity contribution in [3.05, 3.63) is 0 Å². The lowest BCUT2D eigenvalue weighted by Gasteiger charge is -2.09. The molecule has 1 aliphatic rings. The topological polar surface area (TPSA) is 55.8 Å². The van der Waals surface area contributed by atoms with E-state index in [4.69, 9.17) is 0 Å². The quantitative estimate of drug-likeness (QED) is 0.504. The van der Waals surface area contributed by atoms with Crippen LogP contribution in [-0.4, -0.2) is 36.8 Å². The smallest absolute Gasteiger partial charge is 0.412 e. The molecule has 0 radical (unpaired) electrons. The van der Waals surface area contributed by atoms with E-state index in [2.05, 4.69) is 9.47 Å². The summed E-state index contributed by atoms with van der Waals surface area (Å²) in [6, 6.07) is 0. The lowest BCUT2D eigenvalue weighted by atomic mass is 10.6. The van der Waals surface area contributed by atoms with Crippen LogP contribution in [0.2, 0.25) is 0 Å². The fourth-order valence-electron chi connectivity index (χ4n) is 0.729. The molecule has 62 valence electrons. The van der Waals surface area contributed by atoms with E-state index in [0.29, 0.717) is 6.61 Å². The predicted octanol–water partition coefficient (Wildman–Crippen LogP) is -0.0408. The van der Waals surface area contributed by atoms with E-state index in [1.54, 1.807) is 6.92 Å². The first-order chi connectivity index (χ1) is 5.24. The van der Waals surface area contributed by atoms with Crippen molar-refractivity contribution in [3.63, 3.8) is 0 Å². The van der Waals surface area contributed by atoms with E-state index < -0.39 is 12.1 Å². The van der Waals surface area contributed by atoms with Crippen LogP contribution in [0.3, 0.4) is 0 Å². The molecule has 1 rings (SSSR count). The van der Waals surface area contributed by atoms with Gasteiger partial charge in [0.05, 0.1) is 6.61 Å². The second-order valence-electron chi connectivity index (χ2n) is 2.04. The maximum Gasteiger partial charge on any atom is 0.412 e. The number of hydrogen-bond acceptors (Lipinski definition) is 4. The Bertz CT molecular complexity index is 179. The van der Waals surface area contributed by atoms with E-state index in [0.717, 1.165) is 0 Å². The number of cyclic esters (lactones) is 1. The minimum Gasteiger partial charge on any atom is -0.450 e. The van der Waals surface area contributed by atoms with Gasteiger partial charge in [0, 0.05) is 0 Å². The zero-order valence-electron chi connectivity index (χ0n) is 6.20. The molecular formula is C6H9NO4. The zero-order valence-corrected chi connectivity index (χ0v) is 6.20. The van der Waals surface area contributed by atoms with Gasteiger partial charge in [-0.3, -0.25) is 9.69 Å². The second-order valence-corrected chi connectivity index (χ2v) is 2.04. The molecule has 0 N–H and O–H groups in total. The van der Waals surface area contributed by atoms with Crippen molar-refractivity contribution in [1.29, 1.82) is 0 Å². The van der Waals surface area contributed by atoms with Crippen LogP contribution in [0.25, 0.3) is 0 Å². The number of amides is 1. The Labute approximate surface area is 63.9 Å². The molecule has 5 nitrogen and oxygen atoms in total. The van der Waals surface area contributed by atoms with Gasteiger partial charge < -0.3 is 9.47 Å². The molecule has 1 amide bonds. The molecule has 1 heterocycles. The molecule has 0 aliphatic carbocycles. The van der Waals surface area contributed by atoms with E-state index in [1.165, 1.54) is 4.90 Å². The molecule has 11 heavy (non-hydrogen) atoms. The number of esters is 1. The number of rotatable bonds is 1. The first-order valence-corrected chi connectivity index (χ1v) is 3.31. The van der Waals surface area contributed by atoms with Crippen molar-refractivity contribution in [2.75, 3.05) is 19.9 Å². The summed E-state index contributed by atoms with van der Waals surface area (Å²) in [6.07, 6.45) is -0.502. The van der Waals surface area contributed by atoms with Crippen LogP contribution < -0.4 is 0 Å². The van der Waals surface area contributed by atoms with E-state index in [-0.39, 0.29) is 13.3 Å². The molecule has 0 bridgehead atoms. The summed E-state index contributed by atoms with van der Waals surface area (Å²) in [5.74, 6) is -0.391. The molecule has 1 saturated heterocycles. The number of carbonyl (C=O) groups excluding carboxylic acids is 2. The summed E-state index contributed by atoms with van der Waals surface area (Å²) >= 11 is 0. The highest BCUT2D eigenvalue weighted by molar-refractivity contribution is 5.80. The Kier molecular flexibility index (Phi) is 2.30. The summed E-state index contributed by atoms with van der Waals surface area (Å²) in [5, 5.41) is 0. The Morgan fingerprint density at radius 3 is 3.00 bits per heavy atom. The predicted molar refractivity (Wildman–Crippen MR) is 34.7 cm³/mol. The highest BCUT2D eigenvalue weighted by atomic mass is 16.6. The van der Waals surface area contributed by atoms with Gasteiger partial charge in [-0.2, -0.15) is 0 Å². The SMILES string of the molecule is CCOC(=O)N1COC(=O)C1. The normalized spacial score (nSPS) is 16.5. The molecule has 0 saturated carbocycles. The fourth-order valence-corrected chi connectivity index (χ4v) is 0.729. The van der Waals surface area contributed by atoms with Crippen LogP contribution >= 0.6 is 0 Å². The van der Waals surface area contributed by atoms with Crippen LogP contribution in [0.5, 0.6) is 0 Å². The minimum atomic E-state index is -0.502. The molecule has 0 unspecified atom stereocenters. The molecule has 0 aromatic heterocycles. The van der Waals surface area contributed by atoms with Crippen molar-refractivity contribution < 1.29 is 19.1 Å². The molecule has 0 aromatic rings. The van der Waals surface area contributed by atoms with Gasteiger partial charge in [0.1, 0.15) is 6.54 Å². The van der Waals surface area contributed by atoms with E-state index in [1.807, 2.05) is 0 Å². The van der Waals surface area contributed by atoms with Gasteiger partial charge in [-0.05, 0) is 6.92 Å².